The first-order valence-corrected chi connectivity index (χ1v) is 8.92. The molecule has 3 rings (SSSR count). The number of carbonyl (C=O) groups is 2. The molecule has 0 radical (unpaired) electrons. The van der Waals surface area contributed by atoms with Crippen LogP contribution in [0, 0.1) is 6.92 Å². The Balaban J connectivity index is 1.41. The van der Waals surface area contributed by atoms with Gasteiger partial charge in [-0.25, -0.2) is 0 Å². The molecule has 2 N–H and O–H groups in total. The zero-order valence-electron chi connectivity index (χ0n) is 15.5. The van der Waals surface area contributed by atoms with Gasteiger partial charge in [-0.15, -0.1) is 0 Å². The number of nitrogens with one attached hydrogen (secondary N) is 2. The van der Waals surface area contributed by atoms with Gasteiger partial charge in [-0.2, -0.15) is 0 Å². The fourth-order valence-corrected chi connectivity index (χ4v) is 2.51. The number of anilines is 2. The van der Waals surface area contributed by atoms with E-state index in [9.17, 15) is 9.59 Å². The minimum Gasteiger partial charge on any atom is -0.494 e. The molecule has 2 aromatic carbocycles. The average molecular weight is 379 g/mol. The number of rotatable bonds is 8. The number of aryl methyl sites for hydroxylation is 1. The second kappa shape index (κ2) is 9.36. The van der Waals surface area contributed by atoms with E-state index in [1.807, 2.05) is 30.3 Å². The van der Waals surface area contributed by atoms with E-state index in [1.54, 1.807) is 31.2 Å². The van der Waals surface area contributed by atoms with Crippen molar-refractivity contribution in [2.75, 3.05) is 17.2 Å². The summed E-state index contributed by atoms with van der Waals surface area (Å²) in [5.74, 6) is 0.863. The summed E-state index contributed by atoms with van der Waals surface area (Å²) >= 11 is 0. The van der Waals surface area contributed by atoms with Crippen molar-refractivity contribution in [2.24, 2.45) is 0 Å². The Morgan fingerprint density at radius 2 is 1.68 bits per heavy atom. The fraction of sp³-hybridized carbons (Fsp3) is 0.190. The molecule has 0 unspecified atom stereocenters. The van der Waals surface area contributed by atoms with Crippen molar-refractivity contribution in [2.45, 2.75) is 19.8 Å². The average Bonchev–Trinajstić information content (AvgIpc) is 3.14. The van der Waals surface area contributed by atoms with Gasteiger partial charge < -0.3 is 19.9 Å². The lowest BCUT2D eigenvalue weighted by molar-refractivity contribution is -0.116. The second-order valence-corrected chi connectivity index (χ2v) is 6.14. The summed E-state index contributed by atoms with van der Waals surface area (Å²) in [4.78, 5) is 24.1. The standard InChI is InChI=1S/C21H21N3O4/c1-15-19(14-22-28-15)21(26)24-17-11-9-16(10-12-17)23-20(25)8-5-13-27-18-6-3-2-4-7-18/h2-4,6-7,9-12,14H,5,8,13H2,1H3,(H,23,25)(H,24,26). The highest BCUT2D eigenvalue weighted by Gasteiger charge is 2.13. The van der Waals surface area contributed by atoms with Gasteiger partial charge in [0.25, 0.3) is 5.91 Å². The maximum atomic E-state index is 12.1. The van der Waals surface area contributed by atoms with E-state index in [0.29, 0.717) is 42.1 Å². The quantitative estimate of drug-likeness (QED) is 0.576. The van der Waals surface area contributed by atoms with Crippen LogP contribution in [0.5, 0.6) is 5.75 Å². The number of benzene rings is 2. The number of carbonyl (C=O) groups excluding carboxylic acids is 2. The SMILES string of the molecule is Cc1oncc1C(=O)Nc1ccc(NC(=O)CCCOc2ccccc2)cc1. The van der Waals surface area contributed by atoms with E-state index >= 15 is 0 Å². The van der Waals surface area contributed by atoms with Crippen molar-refractivity contribution in [3.63, 3.8) is 0 Å². The highest BCUT2D eigenvalue weighted by molar-refractivity contribution is 6.04. The fourth-order valence-electron chi connectivity index (χ4n) is 2.51. The van der Waals surface area contributed by atoms with Crippen LogP contribution in [0.15, 0.2) is 65.3 Å². The number of amides is 2. The number of ether oxygens (including phenoxy) is 1. The first-order chi connectivity index (χ1) is 13.6. The Kier molecular flexibility index (Phi) is 6.41. The molecule has 3 aromatic rings. The van der Waals surface area contributed by atoms with Gasteiger partial charge in [0.2, 0.25) is 5.91 Å². The van der Waals surface area contributed by atoms with Crippen LogP contribution >= 0.6 is 0 Å². The molecule has 7 heteroatoms. The number of para-hydroxylation sites is 1. The minimum atomic E-state index is -0.297. The molecule has 0 fully saturated rings. The van der Waals surface area contributed by atoms with Crippen LogP contribution in [0.25, 0.3) is 0 Å². The van der Waals surface area contributed by atoms with Crippen molar-refractivity contribution < 1.29 is 18.8 Å². The molecule has 0 saturated carbocycles. The largest absolute Gasteiger partial charge is 0.494 e. The van der Waals surface area contributed by atoms with E-state index in [4.69, 9.17) is 9.26 Å². The number of hydrogen-bond donors (Lipinski definition) is 2. The number of nitrogens with zero attached hydrogens (tertiary/aromatic N) is 1. The monoisotopic (exact) mass is 379 g/mol. The summed E-state index contributed by atoms with van der Waals surface area (Å²) in [6, 6.07) is 16.4. The predicted octanol–water partition coefficient (Wildman–Crippen LogP) is 4.03. The molecule has 1 heterocycles. The maximum absolute atomic E-state index is 12.1. The number of aromatic nitrogens is 1. The van der Waals surface area contributed by atoms with Gasteiger partial charge in [0, 0.05) is 17.8 Å². The summed E-state index contributed by atoms with van der Waals surface area (Å²) in [7, 11) is 0. The third-order valence-corrected chi connectivity index (χ3v) is 3.98. The molecule has 2 amide bonds. The Hall–Kier alpha value is -3.61. The van der Waals surface area contributed by atoms with Crippen LogP contribution < -0.4 is 15.4 Å². The van der Waals surface area contributed by atoms with Crippen molar-refractivity contribution in [1.82, 2.24) is 5.16 Å². The maximum Gasteiger partial charge on any atom is 0.260 e. The normalized spacial score (nSPS) is 10.3. The van der Waals surface area contributed by atoms with Crippen LogP contribution in [0.2, 0.25) is 0 Å². The zero-order chi connectivity index (χ0) is 19.8. The molecule has 7 nitrogen and oxygen atoms in total. The Bertz CT molecular complexity index is 920. The van der Waals surface area contributed by atoms with Gasteiger partial charge in [0.1, 0.15) is 17.1 Å². The Labute approximate surface area is 162 Å². The topological polar surface area (TPSA) is 93.5 Å². The lowest BCUT2D eigenvalue weighted by Gasteiger charge is -2.08. The van der Waals surface area contributed by atoms with Gasteiger partial charge >= 0.3 is 0 Å². The highest BCUT2D eigenvalue weighted by Crippen LogP contribution is 2.16. The third kappa shape index (κ3) is 5.44. The molecule has 0 bridgehead atoms. The smallest absolute Gasteiger partial charge is 0.260 e. The predicted molar refractivity (Wildman–Crippen MR) is 105 cm³/mol. The summed E-state index contributed by atoms with van der Waals surface area (Å²) < 4.78 is 10.5. The zero-order valence-corrected chi connectivity index (χ0v) is 15.5. The highest BCUT2D eigenvalue weighted by atomic mass is 16.5. The molecule has 0 atom stereocenters. The molecule has 0 aliphatic heterocycles. The van der Waals surface area contributed by atoms with Gasteiger partial charge in [0.05, 0.1) is 12.8 Å². The molecule has 144 valence electrons. The van der Waals surface area contributed by atoms with E-state index in [1.165, 1.54) is 6.20 Å². The summed E-state index contributed by atoms with van der Waals surface area (Å²) in [6.45, 7) is 2.15. The molecular formula is C21H21N3O4. The molecule has 0 aliphatic carbocycles. The molecule has 1 aromatic heterocycles. The van der Waals surface area contributed by atoms with Gasteiger partial charge in [-0.1, -0.05) is 23.4 Å². The molecule has 0 saturated heterocycles. The first-order valence-electron chi connectivity index (χ1n) is 8.92. The third-order valence-electron chi connectivity index (χ3n) is 3.98. The first kappa shape index (κ1) is 19.2. The van der Waals surface area contributed by atoms with Gasteiger partial charge in [-0.3, -0.25) is 9.59 Å². The molecular weight excluding hydrogens is 358 g/mol. The van der Waals surface area contributed by atoms with Crippen molar-refractivity contribution >= 4 is 23.2 Å². The van der Waals surface area contributed by atoms with Crippen molar-refractivity contribution in [3.8, 4) is 5.75 Å². The summed E-state index contributed by atoms with van der Waals surface area (Å²) in [6.07, 6.45) is 2.35. The lowest BCUT2D eigenvalue weighted by Crippen LogP contribution is -2.14. The van der Waals surface area contributed by atoms with E-state index in [2.05, 4.69) is 15.8 Å². The second-order valence-electron chi connectivity index (χ2n) is 6.14. The Morgan fingerprint density at radius 1 is 1.00 bits per heavy atom. The van der Waals surface area contributed by atoms with Crippen LogP contribution in [0.3, 0.4) is 0 Å². The molecule has 0 aliphatic rings. The van der Waals surface area contributed by atoms with Crippen LogP contribution in [0.4, 0.5) is 11.4 Å². The van der Waals surface area contributed by atoms with Crippen LogP contribution in [-0.2, 0) is 4.79 Å². The van der Waals surface area contributed by atoms with Crippen molar-refractivity contribution in [1.29, 1.82) is 0 Å². The molecule has 28 heavy (non-hydrogen) atoms. The number of hydrogen-bond acceptors (Lipinski definition) is 5. The van der Waals surface area contributed by atoms with E-state index in [0.717, 1.165) is 5.75 Å². The summed E-state index contributed by atoms with van der Waals surface area (Å²) in [5, 5.41) is 9.17. The van der Waals surface area contributed by atoms with Crippen LogP contribution in [-0.4, -0.2) is 23.6 Å². The van der Waals surface area contributed by atoms with Gasteiger partial charge in [-0.05, 0) is 49.7 Å². The minimum absolute atomic E-state index is 0.0893. The van der Waals surface area contributed by atoms with Gasteiger partial charge in [0.15, 0.2) is 0 Å². The summed E-state index contributed by atoms with van der Waals surface area (Å²) in [5.41, 5.74) is 1.66. The van der Waals surface area contributed by atoms with E-state index in [-0.39, 0.29) is 11.8 Å². The Morgan fingerprint density at radius 3 is 2.32 bits per heavy atom. The molecule has 0 spiro atoms. The van der Waals surface area contributed by atoms with Crippen LogP contribution in [0.1, 0.15) is 29.0 Å². The van der Waals surface area contributed by atoms with Crippen molar-refractivity contribution in [3.05, 3.63) is 72.1 Å². The van der Waals surface area contributed by atoms with E-state index < -0.39 is 0 Å². The lowest BCUT2D eigenvalue weighted by atomic mass is 10.2.